The molecular weight excluding hydrogens is 340 g/mol. The Morgan fingerprint density at radius 3 is 2.84 bits per heavy atom. The van der Waals surface area contributed by atoms with Crippen LogP contribution in [0.4, 0.5) is 16.2 Å². The monoisotopic (exact) mass is 362 g/mol. The van der Waals surface area contributed by atoms with Crippen molar-refractivity contribution in [2.24, 2.45) is 0 Å². The van der Waals surface area contributed by atoms with E-state index in [1.165, 1.54) is 4.90 Å². The SMILES string of the molecule is CSCC[C@@H](NC(=O)N1CC(=O)Nc2ccccc21)C(=O)NC1CC1. The Morgan fingerprint density at radius 1 is 1.36 bits per heavy atom. The zero-order valence-electron chi connectivity index (χ0n) is 14.1. The minimum Gasteiger partial charge on any atom is -0.352 e. The standard InChI is InChI=1S/C17H22N4O3S/c1-25-9-8-13(16(23)18-11-6-7-11)20-17(24)21-10-15(22)19-12-4-2-3-5-14(12)21/h2-5,11,13H,6-10H2,1H3,(H,18,23)(H,19,22)(H,20,24)/t13-/m1/s1. The number of benzene rings is 1. The Labute approximate surface area is 150 Å². The molecule has 134 valence electrons. The van der Waals surface area contributed by atoms with E-state index in [-0.39, 0.29) is 24.4 Å². The number of amides is 4. The molecule has 0 aromatic heterocycles. The fourth-order valence-electron chi connectivity index (χ4n) is 2.68. The molecule has 1 fully saturated rings. The van der Waals surface area contributed by atoms with Crippen LogP contribution in [0.2, 0.25) is 0 Å². The largest absolute Gasteiger partial charge is 0.352 e. The Balaban J connectivity index is 1.71. The van der Waals surface area contributed by atoms with Gasteiger partial charge in [0.25, 0.3) is 0 Å². The molecule has 0 saturated heterocycles. The van der Waals surface area contributed by atoms with Crippen molar-refractivity contribution >= 4 is 41.0 Å². The van der Waals surface area contributed by atoms with Crippen molar-refractivity contribution in [2.75, 3.05) is 28.8 Å². The summed E-state index contributed by atoms with van der Waals surface area (Å²) < 4.78 is 0. The Morgan fingerprint density at radius 2 is 2.12 bits per heavy atom. The van der Waals surface area contributed by atoms with Crippen LogP contribution in [-0.2, 0) is 9.59 Å². The van der Waals surface area contributed by atoms with Gasteiger partial charge in [-0.3, -0.25) is 14.5 Å². The molecule has 1 aliphatic heterocycles. The zero-order valence-corrected chi connectivity index (χ0v) is 14.9. The van der Waals surface area contributed by atoms with Crippen molar-refractivity contribution in [3.05, 3.63) is 24.3 Å². The van der Waals surface area contributed by atoms with E-state index in [0.717, 1.165) is 18.6 Å². The van der Waals surface area contributed by atoms with Gasteiger partial charge in [0.05, 0.1) is 11.4 Å². The fourth-order valence-corrected chi connectivity index (χ4v) is 3.15. The molecule has 4 amide bonds. The van der Waals surface area contributed by atoms with Crippen molar-refractivity contribution in [1.82, 2.24) is 10.6 Å². The summed E-state index contributed by atoms with van der Waals surface area (Å²) in [6.07, 6.45) is 4.50. The van der Waals surface area contributed by atoms with Crippen LogP contribution in [0.25, 0.3) is 0 Å². The summed E-state index contributed by atoms with van der Waals surface area (Å²) in [5.41, 5.74) is 1.22. The third-order valence-electron chi connectivity index (χ3n) is 4.16. The van der Waals surface area contributed by atoms with Gasteiger partial charge in [0.2, 0.25) is 11.8 Å². The summed E-state index contributed by atoms with van der Waals surface area (Å²) in [6, 6.07) is 6.33. The van der Waals surface area contributed by atoms with Gasteiger partial charge in [-0.25, -0.2) is 4.79 Å². The van der Waals surface area contributed by atoms with E-state index < -0.39 is 12.1 Å². The zero-order chi connectivity index (χ0) is 17.8. The van der Waals surface area contributed by atoms with Gasteiger partial charge in [-0.15, -0.1) is 0 Å². The molecule has 0 bridgehead atoms. The molecule has 0 radical (unpaired) electrons. The number of anilines is 2. The second-order valence-corrected chi connectivity index (χ2v) is 7.20. The summed E-state index contributed by atoms with van der Waals surface area (Å²) in [4.78, 5) is 38.4. The van der Waals surface area contributed by atoms with Crippen molar-refractivity contribution in [3.63, 3.8) is 0 Å². The van der Waals surface area contributed by atoms with Crippen molar-refractivity contribution < 1.29 is 14.4 Å². The Hall–Kier alpha value is -2.22. The Bertz CT molecular complexity index is 678. The molecule has 8 heteroatoms. The molecule has 1 aliphatic carbocycles. The molecule has 3 N–H and O–H groups in total. The van der Waals surface area contributed by atoms with E-state index in [1.54, 1.807) is 30.0 Å². The normalized spacial score (nSPS) is 17.3. The highest BCUT2D eigenvalue weighted by molar-refractivity contribution is 7.98. The van der Waals surface area contributed by atoms with Gasteiger partial charge in [0, 0.05) is 6.04 Å². The number of carbonyl (C=O) groups is 3. The van der Waals surface area contributed by atoms with Crippen LogP contribution in [-0.4, -0.2) is 48.5 Å². The number of hydrogen-bond donors (Lipinski definition) is 3. The lowest BCUT2D eigenvalue weighted by molar-refractivity contribution is -0.123. The number of para-hydroxylation sites is 2. The van der Waals surface area contributed by atoms with Crippen LogP contribution in [0.5, 0.6) is 0 Å². The second-order valence-electron chi connectivity index (χ2n) is 6.22. The van der Waals surface area contributed by atoms with Crippen molar-refractivity contribution in [3.8, 4) is 0 Å². The number of urea groups is 1. The van der Waals surface area contributed by atoms with Gasteiger partial charge >= 0.3 is 6.03 Å². The summed E-state index contributed by atoms with van der Waals surface area (Å²) in [5.74, 6) is 0.358. The van der Waals surface area contributed by atoms with Gasteiger partial charge in [-0.2, -0.15) is 11.8 Å². The van der Waals surface area contributed by atoms with Crippen LogP contribution in [0.3, 0.4) is 0 Å². The minimum atomic E-state index is -0.599. The predicted octanol–water partition coefficient (Wildman–Crippen LogP) is 1.55. The summed E-state index contributed by atoms with van der Waals surface area (Å²) in [7, 11) is 0. The number of nitrogens with one attached hydrogen (secondary N) is 3. The third kappa shape index (κ3) is 4.45. The van der Waals surface area contributed by atoms with Crippen molar-refractivity contribution in [1.29, 1.82) is 0 Å². The third-order valence-corrected chi connectivity index (χ3v) is 4.81. The van der Waals surface area contributed by atoms with Crippen LogP contribution in [0.1, 0.15) is 19.3 Å². The highest BCUT2D eigenvalue weighted by atomic mass is 32.2. The molecule has 0 spiro atoms. The summed E-state index contributed by atoms with van der Waals surface area (Å²) >= 11 is 1.62. The lowest BCUT2D eigenvalue weighted by Crippen LogP contribution is -2.54. The second kappa shape index (κ2) is 7.77. The first kappa shape index (κ1) is 17.6. The van der Waals surface area contributed by atoms with E-state index in [2.05, 4.69) is 16.0 Å². The van der Waals surface area contributed by atoms with Crippen LogP contribution in [0.15, 0.2) is 24.3 Å². The maximum atomic E-state index is 12.7. The van der Waals surface area contributed by atoms with Crippen LogP contribution >= 0.6 is 11.8 Å². The molecule has 7 nitrogen and oxygen atoms in total. The van der Waals surface area contributed by atoms with E-state index in [0.29, 0.717) is 17.8 Å². The van der Waals surface area contributed by atoms with Gasteiger partial charge in [-0.1, -0.05) is 12.1 Å². The lowest BCUT2D eigenvalue weighted by Gasteiger charge is -2.30. The molecule has 1 aromatic carbocycles. The first-order chi connectivity index (χ1) is 12.1. The maximum Gasteiger partial charge on any atom is 0.323 e. The van der Waals surface area contributed by atoms with Crippen LogP contribution < -0.4 is 20.9 Å². The number of carbonyl (C=O) groups excluding carboxylic acids is 3. The van der Waals surface area contributed by atoms with Gasteiger partial charge in [0.1, 0.15) is 12.6 Å². The average molecular weight is 362 g/mol. The van der Waals surface area contributed by atoms with Gasteiger partial charge < -0.3 is 16.0 Å². The molecule has 25 heavy (non-hydrogen) atoms. The topological polar surface area (TPSA) is 90.5 Å². The summed E-state index contributed by atoms with van der Waals surface area (Å²) in [6.45, 7) is -0.0671. The molecule has 3 rings (SSSR count). The first-order valence-electron chi connectivity index (χ1n) is 8.34. The molecule has 1 heterocycles. The molecule has 1 aromatic rings. The molecule has 0 unspecified atom stereocenters. The quantitative estimate of drug-likeness (QED) is 0.716. The van der Waals surface area contributed by atoms with E-state index in [1.807, 2.05) is 12.3 Å². The predicted molar refractivity (Wildman–Crippen MR) is 98.9 cm³/mol. The first-order valence-corrected chi connectivity index (χ1v) is 9.74. The van der Waals surface area contributed by atoms with Crippen LogP contribution in [0, 0.1) is 0 Å². The Kier molecular flexibility index (Phi) is 5.47. The lowest BCUT2D eigenvalue weighted by atomic mass is 10.2. The highest BCUT2D eigenvalue weighted by Gasteiger charge is 2.31. The number of fused-ring (bicyclic) bond motifs is 1. The molecular formula is C17H22N4O3S. The maximum absolute atomic E-state index is 12.7. The number of rotatable bonds is 6. The smallest absolute Gasteiger partial charge is 0.323 e. The van der Waals surface area contributed by atoms with Gasteiger partial charge in [0.15, 0.2) is 0 Å². The number of hydrogen-bond acceptors (Lipinski definition) is 4. The van der Waals surface area contributed by atoms with E-state index >= 15 is 0 Å². The minimum absolute atomic E-state index is 0.0671. The van der Waals surface area contributed by atoms with E-state index in [9.17, 15) is 14.4 Å². The summed E-state index contributed by atoms with van der Waals surface area (Å²) in [5, 5.41) is 8.48. The molecule has 1 saturated carbocycles. The number of nitrogens with zero attached hydrogens (tertiary/aromatic N) is 1. The highest BCUT2D eigenvalue weighted by Crippen LogP contribution is 2.28. The fraction of sp³-hybridized carbons (Fsp3) is 0.471. The molecule has 1 atom stereocenters. The number of thioether (sulfide) groups is 1. The molecule has 2 aliphatic rings. The van der Waals surface area contributed by atoms with E-state index in [4.69, 9.17) is 0 Å². The average Bonchev–Trinajstić information content (AvgIpc) is 3.41. The van der Waals surface area contributed by atoms with Crippen molar-refractivity contribution in [2.45, 2.75) is 31.3 Å². The van der Waals surface area contributed by atoms with Gasteiger partial charge in [-0.05, 0) is 43.4 Å².